The molecular formula is C21H25N3O4S. The van der Waals surface area contributed by atoms with Crippen molar-refractivity contribution in [1.82, 2.24) is 4.90 Å². The molecule has 0 aliphatic carbocycles. The number of amides is 2. The average molecular weight is 416 g/mol. The van der Waals surface area contributed by atoms with Crippen molar-refractivity contribution in [3.05, 3.63) is 59.7 Å². The highest BCUT2D eigenvalue weighted by Crippen LogP contribution is 2.19. The Hall–Kier alpha value is -3.05. The molecule has 0 bridgehead atoms. The lowest BCUT2D eigenvalue weighted by molar-refractivity contribution is 0.187. The van der Waals surface area contributed by atoms with Gasteiger partial charge in [0.2, 0.25) is 0 Å². The number of hydrogen-bond acceptors (Lipinski definition) is 5. The number of hydrogen-bond donors (Lipinski definition) is 1. The maximum Gasteiger partial charge on any atom is 0.322 e. The van der Waals surface area contributed by atoms with E-state index in [0.717, 1.165) is 12.0 Å². The predicted octanol–water partition coefficient (Wildman–Crippen LogP) is 4.12. The molecule has 0 aliphatic rings. The number of nitriles is 1. The molecule has 2 aromatic rings. The van der Waals surface area contributed by atoms with Crippen molar-refractivity contribution >= 4 is 21.8 Å². The van der Waals surface area contributed by atoms with Crippen LogP contribution in [0.25, 0.3) is 0 Å². The maximum atomic E-state index is 12.8. The summed E-state index contributed by atoms with van der Waals surface area (Å²) in [4.78, 5) is 14.5. The zero-order valence-corrected chi connectivity index (χ0v) is 17.6. The second-order valence-corrected chi connectivity index (χ2v) is 8.44. The van der Waals surface area contributed by atoms with Crippen molar-refractivity contribution in [2.75, 3.05) is 11.1 Å². The minimum Gasteiger partial charge on any atom is -0.382 e. The molecule has 0 saturated carbocycles. The molecule has 7 nitrogen and oxygen atoms in total. The molecule has 0 saturated heterocycles. The summed E-state index contributed by atoms with van der Waals surface area (Å²) >= 11 is 0. The fourth-order valence-electron chi connectivity index (χ4n) is 2.56. The first-order valence-corrected chi connectivity index (χ1v) is 10.9. The average Bonchev–Trinajstić information content (AvgIpc) is 2.72. The molecule has 0 heterocycles. The Morgan fingerprint density at radius 3 is 2.48 bits per heavy atom. The molecule has 1 N–H and O–H groups in total. The van der Waals surface area contributed by atoms with Crippen LogP contribution < -0.4 is 9.50 Å². The van der Waals surface area contributed by atoms with Gasteiger partial charge in [0.25, 0.3) is 0 Å². The first-order valence-electron chi connectivity index (χ1n) is 9.36. The Balaban J connectivity index is 2.14. The predicted molar refractivity (Wildman–Crippen MR) is 112 cm³/mol. The topological polar surface area (TPSA) is 99.5 Å². The third kappa shape index (κ3) is 6.50. The van der Waals surface area contributed by atoms with Gasteiger partial charge in [0, 0.05) is 18.3 Å². The highest BCUT2D eigenvalue weighted by molar-refractivity contribution is 7.87. The molecular weight excluding hydrogens is 390 g/mol. The van der Waals surface area contributed by atoms with E-state index in [4.69, 9.17) is 9.44 Å². The maximum absolute atomic E-state index is 12.8. The summed E-state index contributed by atoms with van der Waals surface area (Å²) in [7, 11) is -3.58. The van der Waals surface area contributed by atoms with Gasteiger partial charge in [-0.05, 0) is 56.2 Å². The fraction of sp³-hybridized carbons (Fsp3) is 0.333. The summed E-state index contributed by atoms with van der Waals surface area (Å²) < 4.78 is 28.1. The Morgan fingerprint density at radius 1 is 1.21 bits per heavy atom. The van der Waals surface area contributed by atoms with Crippen LogP contribution >= 0.6 is 0 Å². The van der Waals surface area contributed by atoms with E-state index in [9.17, 15) is 13.2 Å². The Labute approximate surface area is 172 Å². The molecule has 0 aromatic heterocycles. The summed E-state index contributed by atoms with van der Waals surface area (Å²) in [5.74, 6) is 0.132. The van der Waals surface area contributed by atoms with E-state index in [2.05, 4.69) is 5.32 Å². The van der Waals surface area contributed by atoms with Gasteiger partial charge in [0.1, 0.15) is 5.75 Å². The third-order valence-electron chi connectivity index (χ3n) is 4.48. The number of carbonyl (C=O) groups excluding carboxylic acids is 1. The van der Waals surface area contributed by atoms with E-state index in [1.807, 2.05) is 19.9 Å². The van der Waals surface area contributed by atoms with Crippen molar-refractivity contribution < 1.29 is 17.4 Å². The molecule has 0 fully saturated rings. The van der Waals surface area contributed by atoms with E-state index in [0.29, 0.717) is 17.8 Å². The zero-order valence-electron chi connectivity index (χ0n) is 16.8. The number of anilines is 1. The first-order chi connectivity index (χ1) is 13.8. The summed E-state index contributed by atoms with van der Waals surface area (Å²) in [6.45, 7) is 5.81. The molecule has 0 aliphatic heterocycles. The lowest BCUT2D eigenvalue weighted by Crippen LogP contribution is -2.40. The lowest BCUT2D eigenvalue weighted by atomic mass is 10.1. The molecule has 1 atom stereocenters. The van der Waals surface area contributed by atoms with E-state index < -0.39 is 10.1 Å². The zero-order chi connectivity index (χ0) is 21.4. The molecule has 8 heteroatoms. The van der Waals surface area contributed by atoms with E-state index >= 15 is 0 Å². The van der Waals surface area contributed by atoms with Gasteiger partial charge >= 0.3 is 16.1 Å². The van der Waals surface area contributed by atoms with Gasteiger partial charge in [-0.15, -0.1) is 0 Å². The quantitative estimate of drug-likeness (QED) is 0.654. The van der Waals surface area contributed by atoms with Crippen molar-refractivity contribution in [2.45, 2.75) is 39.8 Å². The fourth-order valence-corrected chi connectivity index (χ4v) is 3.08. The third-order valence-corrected chi connectivity index (χ3v) is 5.63. The number of nitrogens with zero attached hydrogens (tertiary/aromatic N) is 2. The van der Waals surface area contributed by atoms with Crippen LogP contribution in [0.4, 0.5) is 10.5 Å². The number of nitrogens with one attached hydrogen (secondary N) is 1. The number of benzene rings is 2. The Morgan fingerprint density at radius 2 is 1.90 bits per heavy atom. The van der Waals surface area contributed by atoms with Crippen LogP contribution in [0, 0.1) is 11.3 Å². The van der Waals surface area contributed by atoms with Gasteiger partial charge < -0.3 is 14.4 Å². The molecule has 0 radical (unpaired) electrons. The van der Waals surface area contributed by atoms with Crippen LogP contribution in [0.15, 0.2) is 48.5 Å². The largest absolute Gasteiger partial charge is 0.382 e. The monoisotopic (exact) mass is 415 g/mol. The second-order valence-electron chi connectivity index (χ2n) is 6.58. The summed E-state index contributed by atoms with van der Waals surface area (Å²) in [5.41, 5.74) is 1.86. The van der Waals surface area contributed by atoms with Gasteiger partial charge in [-0.2, -0.15) is 13.7 Å². The normalized spacial score (nSPS) is 11.9. The van der Waals surface area contributed by atoms with E-state index in [1.165, 1.54) is 6.92 Å². The first kappa shape index (κ1) is 22.2. The molecule has 2 aromatic carbocycles. The van der Waals surface area contributed by atoms with E-state index in [1.54, 1.807) is 53.4 Å². The number of urea groups is 1. The SMILES string of the molecule is CC[C@@H](C)N(Cc1ccc(OS(=O)(=O)CC)cc1)C(=O)Nc1cccc(C#N)c1. The smallest absolute Gasteiger partial charge is 0.322 e. The Bertz CT molecular complexity index is 982. The number of carbonyl (C=O) groups is 1. The molecule has 29 heavy (non-hydrogen) atoms. The van der Waals surface area contributed by atoms with Gasteiger partial charge in [-0.1, -0.05) is 25.1 Å². The minimum atomic E-state index is -3.58. The van der Waals surface area contributed by atoms with Gasteiger partial charge in [0.05, 0.1) is 17.4 Å². The van der Waals surface area contributed by atoms with Crippen LogP contribution in [-0.4, -0.2) is 31.1 Å². The van der Waals surface area contributed by atoms with Crippen LogP contribution in [0.5, 0.6) is 5.75 Å². The molecule has 0 unspecified atom stereocenters. The van der Waals surface area contributed by atoms with Crippen LogP contribution in [0.3, 0.4) is 0 Å². The number of rotatable bonds is 8. The molecule has 0 spiro atoms. The van der Waals surface area contributed by atoms with Crippen molar-refractivity contribution in [3.63, 3.8) is 0 Å². The van der Waals surface area contributed by atoms with Gasteiger partial charge in [0.15, 0.2) is 0 Å². The summed E-state index contributed by atoms with van der Waals surface area (Å²) in [6.07, 6.45) is 0.765. The van der Waals surface area contributed by atoms with Crippen LogP contribution in [0.2, 0.25) is 0 Å². The van der Waals surface area contributed by atoms with E-state index in [-0.39, 0.29) is 23.6 Å². The van der Waals surface area contributed by atoms with Crippen LogP contribution in [-0.2, 0) is 16.7 Å². The van der Waals surface area contributed by atoms with Crippen LogP contribution in [0.1, 0.15) is 38.3 Å². The molecule has 2 amide bonds. The van der Waals surface area contributed by atoms with Gasteiger partial charge in [-0.25, -0.2) is 4.79 Å². The second kappa shape index (κ2) is 9.94. The van der Waals surface area contributed by atoms with Crippen molar-refractivity contribution in [2.24, 2.45) is 0 Å². The Kier molecular flexibility index (Phi) is 7.62. The lowest BCUT2D eigenvalue weighted by Gasteiger charge is -2.29. The highest BCUT2D eigenvalue weighted by atomic mass is 32.2. The molecule has 2 rings (SSSR count). The standard InChI is InChI=1S/C21H25N3O4S/c1-4-16(3)24(21(25)23-19-8-6-7-18(13-19)14-22)15-17-9-11-20(12-10-17)28-29(26,27)5-2/h6-13,16H,4-5,15H2,1-3H3,(H,23,25)/t16-/m1/s1. The van der Waals surface area contributed by atoms with Gasteiger partial charge in [-0.3, -0.25) is 0 Å². The summed E-state index contributed by atoms with van der Waals surface area (Å²) in [5, 5.41) is 11.8. The minimum absolute atomic E-state index is 0.0226. The highest BCUT2D eigenvalue weighted by Gasteiger charge is 2.20. The van der Waals surface area contributed by atoms with Crippen molar-refractivity contribution in [3.8, 4) is 11.8 Å². The van der Waals surface area contributed by atoms with Crippen molar-refractivity contribution in [1.29, 1.82) is 5.26 Å². The molecule has 154 valence electrons. The summed E-state index contributed by atoms with van der Waals surface area (Å²) in [6, 6.07) is 15.1.